The Morgan fingerprint density at radius 2 is 1.94 bits per heavy atom. The largest absolute Gasteiger partial charge is 0.262 e. The summed E-state index contributed by atoms with van der Waals surface area (Å²) in [6.07, 6.45) is 2.38. The van der Waals surface area contributed by atoms with E-state index in [0.717, 1.165) is 6.20 Å². The summed E-state index contributed by atoms with van der Waals surface area (Å²) in [6, 6.07) is 7.36. The molecule has 0 N–H and O–H groups in total. The second-order valence-electron chi connectivity index (χ2n) is 3.13. The maximum absolute atomic E-state index is 13.7. The molecule has 16 heavy (non-hydrogen) atoms. The zero-order chi connectivity index (χ0) is 11.5. The van der Waals surface area contributed by atoms with Crippen LogP contribution < -0.4 is 0 Å². The molecule has 0 saturated heterocycles. The van der Waals surface area contributed by atoms with Crippen LogP contribution in [-0.2, 0) is 0 Å². The molecule has 0 saturated carbocycles. The predicted molar refractivity (Wildman–Crippen MR) is 54.3 cm³/mol. The number of halogens is 2. The number of benzene rings is 1. The lowest BCUT2D eigenvalue weighted by Crippen LogP contribution is -1.92. The van der Waals surface area contributed by atoms with E-state index in [9.17, 15) is 8.78 Å². The van der Waals surface area contributed by atoms with Gasteiger partial charge in [-0.15, -0.1) is 0 Å². The number of pyridine rings is 1. The molecule has 0 radical (unpaired) electrons. The summed E-state index contributed by atoms with van der Waals surface area (Å²) in [5, 5.41) is 8.66. The third-order valence-electron chi connectivity index (χ3n) is 2.18. The van der Waals surface area contributed by atoms with Gasteiger partial charge in [0.15, 0.2) is 0 Å². The van der Waals surface area contributed by atoms with Gasteiger partial charge in [-0.2, -0.15) is 5.26 Å². The number of nitriles is 1. The summed E-state index contributed by atoms with van der Waals surface area (Å²) in [4.78, 5) is 3.58. The Morgan fingerprint density at radius 1 is 1.12 bits per heavy atom. The highest BCUT2D eigenvalue weighted by Gasteiger charge is 2.12. The zero-order valence-electron chi connectivity index (χ0n) is 8.11. The number of hydrogen-bond acceptors (Lipinski definition) is 2. The highest BCUT2D eigenvalue weighted by molar-refractivity contribution is 5.66. The molecule has 2 aromatic rings. The van der Waals surface area contributed by atoms with Crippen LogP contribution in [0.5, 0.6) is 0 Å². The van der Waals surface area contributed by atoms with Crippen molar-refractivity contribution in [2.24, 2.45) is 0 Å². The van der Waals surface area contributed by atoms with Crippen LogP contribution in [-0.4, -0.2) is 4.98 Å². The normalized spacial score (nSPS) is 9.81. The summed E-state index contributed by atoms with van der Waals surface area (Å²) >= 11 is 0. The van der Waals surface area contributed by atoms with Gasteiger partial charge in [-0.25, -0.2) is 8.78 Å². The maximum Gasteiger partial charge on any atom is 0.149 e. The summed E-state index contributed by atoms with van der Waals surface area (Å²) in [5.41, 5.74) is 0.0669. The topological polar surface area (TPSA) is 36.7 Å². The van der Waals surface area contributed by atoms with Crippen molar-refractivity contribution < 1.29 is 8.78 Å². The van der Waals surface area contributed by atoms with Crippen LogP contribution in [0.3, 0.4) is 0 Å². The van der Waals surface area contributed by atoms with E-state index in [2.05, 4.69) is 4.98 Å². The molecule has 0 bridgehead atoms. The van der Waals surface area contributed by atoms with Crippen molar-refractivity contribution in [2.45, 2.75) is 0 Å². The van der Waals surface area contributed by atoms with Gasteiger partial charge in [0.05, 0.1) is 11.8 Å². The lowest BCUT2D eigenvalue weighted by atomic mass is 10.0. The van der Waals surface area contributed by atoms with Crippen LogP contribution in [0.25, 0.3) is 11.1 Å². The number of nitrogens with zero attached hydrogens (tertiary/aromatic N) is 2. The minimum absolute atomic E-state index is 0.0685. The molecule has 2 rings (SSSR count). The minimum Gasteiger partial charge on any atom is -0.262 e. The fourth-order valence-corrected chi connectivity index (χ4v) is 1.42. The molecule has 1 aromatic carbocycles. The summed E-state index contributed by atoms with van der Waals surface area (Å²) in [5.74, 6) is -1.33. The molecule has 0 aliphatic carbocycles. The van der Waals surface area contributed by atoms with Crippen molar-refractivity contribution in [3.05, 3.63) is 53.9 Å². The Morgan fingerprint density at radius 3 is 2.62 bits per heavy atom. The zero-order valence-corrected chi connectivity index (χ0v) is 8.11. The molecule has 78 valence electrons. The van der Waals surface area contributed by atoms with Gasteiger partial charge in [0, 0.05) is 17.3 Å². The van der Waals surface area contributed by atoms with Crippen molar-refractivity contribution in [1.82, 2.24) is 4.98 Å². The summed E-state index contributed by atoms with van der Waals surface area (Å²) in [6.45, 7) is 0. The first-order chi connectivity index (χ1) is 7.74. The first-order valence-electron chi connectivity index (χ1n) is 4.52. The fourth-order valence-electron chi connectivity index (χ4n) is 1.42. The van der Waals surface area contributed by atoms with E-state index in [1.54, 1.807) is 6.07 Å². The van der Waals surface area contributed by atoms with Gasteiger partial charge in [0.1, 0.15) is 17.7 Å². The average Bonchev–Trinajstić information content (AvgIpc) is 2.31. The van der Waals surface area contributed by atoms with E-state index < -0.39 is 11.6 Å². The Balaban J connectivity index is 2.67. The second kappa shape index (κ2) is 4.07. The minimum atomic E-state index is -0.713. The van der Waals surface area contributed by atoms with Crippen molar-refractivity contribution in [2.75, 3.05) is 0 Å². The lowest BCUT2D eigenvalue weighted by Gasteiger charge is -2.04. The highest BCUT2D eigenvalue weighted by Crippen LogP contribution is 2.26. The second-order valence-corrected chi connectivity index (χ2v) is 3.13. The van der Waals surface area contributed by atoms with Crippen LogP contribution in [0, 0.1) is 23.0 Å². The predicted octanol–water partition coefficient (Wildman–Crippen LogP) is 2.90. The molecule has 2 nitrogen and oxygen atoms in total. The summed E-state index contributed by atoms with van der Waals surface area (Å²) in [7, 11) is 0. The Hall–Kier alpha value is -2.28. The maximum atomic E-state index is 13.7. The first kappa shape index (κ1) is 10.2. The average molecular weight is 216 g/mol. The molecular formula is C12H6F2N2. The van der Waals surface area contributed by atoms with Gasteiger partial charge in [-0.3, -0.25) is 4.98 Å². The molecule has 1 aromatic heterocycles. The van der Waals surface area contributed by atoms with Crippen molar-refractivity contribution in [1.29, 1.82) is 5.26 Å². The SMILES string of the molecule is N#Cc1cccc(-c2ccncc2F)c1F. The molecule has 0 unspecified atom stereocenters. The van der Waals surface area contributed by atoms with E-state index in [1.165, 1.54) is 30.5 Å². The highest BCUT2D eigenvalue weighted by atomic mass is 19.1. The molecule has 4 heteroatoms. The van der Waals surface area contributed by atoms with Crippen LogP contribution in [0.4, 0.5) is 8.78 Å². The Labute approximate surface area is 90.8 Å². The van der Waals surface area contributed by atoms with Gasteiger partial charge < -0.3 is 0 Å². The van der Waals surface area contributed by atoms with E-state index in [0.29, 0.717) is 0 Å². The van der Waals surface area contributed by atoms with Gasteiger partial charge in [-0.1, -0.05) is 12.1 Å². The monoisotopic (exact) mass is 216 g/mol. The van der Waals surface area contributed by atoms with E-state index in [4.69, 9.17) is 5.26 Å². The van der Waals surface area contributed by atoms with Crippen molar-refractivity contribution in [3.63, 3.8) is 0 Å². The number of hydrogen-bond donors (Lipinski definition) is 0. The third kappa shape index (κ3) is 1.63. The van der Waals surface area contributed by atoms with E-state index >= 15 is 0 Å². The molecule has 0 atom stereocenters. The molecule has 0 fully saturated rings. The van der Waals surface area contributed by atoms with E-state index in [-0.39, 0.29) is 16.7 Å². The number of aromatic nitrogens is 1. The lowest BCUT2D eigenvalue weighted by molar-refractivity contribution is 0.611. The smallest absolute Gasteiger partial charge is 0.149 e. The van der Waals surface area contributed by atoms with Gasteiger partial charge >= 0.3 is 0 Å². The molecule has 0 spiro atoms. The fraction of sp³-hybridized carbons (Fsp3) is 0. The van der Waals surface area contributed by atoms with Crippen molar-refractivity contribution in [3.8, 4) is 17.2 Å². The van der Waals surface area contributed by atoms with E-state index in [1.807, 2.05) is 0 Å². The third-order valence-corrected chi connectivity index (χ3v) is 2.18. The molecule has 0 aliphatic rings. The summed E-state index contributed by atoms with van der Waals surface area (Å²) < 4.78 is 27.1. The van der Waals surface area contributed by atoms with Gasteiger partial charge in [0.25, 0.3) is 0 Å². The molecule has 0 amide bonds. The quantitative estimate of drug-likeness (QED) is 0.734. The van der Waals surface area contributed by atoms with Crippen LogP contribution >= 0.6 is 0 Å². The van der Waals surface area contributed by atoms with Crippen LogP contribution in [0.15, 0.2) is 36.7 Å². The van der Waals surface area contributed by atoms with Gasteiger partial charge in [0.2, 0.25) is 0 Å². The molecular weight excluding hydrogens is 210 g/mol. The molecule has 1 heterocycles. The van der Waals surface area contributed by atoms with Crippen molar-refractivity contribution >= 4 is 0 Å². The van der Waals surface area contributed by atoms with Crippen LogP contribution in [0.1, 0.15) is 5.56 Å². The van der Waals surface area contributed by atoms with Gasteiger partial charge in [-0.05, 0) is 12.1 Å². The van der Waals surface area contributed by atoms with Crippen LogP contribution in [0.2, 0.25) is 0 Å². The first-order valence-corrected chi connectivity index (χ1v) is 4.52. The number of rotatable bonds is 1. The molecule has 0 aliphatic heterocycles. The standard InChI is InChI=1S/C12H6F2N2/c13-11-7-16-5-4-9(11)10-3-1-2-8(6-15)12(10)14/h1-5,7H. The Kier molecular flexibility index (Phi) is 2.61. The Bertz CT molecular complexity index is 573.